The van der Waals surface area contributed by atoms with E-state index in [2.05, 4.69) is 4.72 Å². The Bertz CT molecular complexity index is 1040. The van der Waals surface area contributed by atoms with Crippen LogP contribution in [0.5, 0.6) is 0 Å². The van der Waals surface area contributed by atoms with Gasteiger partial charge < -0.3 is 5.73 Å². The molecule has 29 heavy (non-hydrogen) atoms. The summed E-state index contributed by atoms with van der Waals surface area (Å²) in [5.74, 6) is 0. The molecular weight excluding hydrogens is 401 g/mol. The lowest BCUT2D eigenvalue weighted by atomic mass is 9.95. The second-order valence-corrected chi connectivity index (χ2v) is 8.18. The van der Waals surface area contributed by atoms with Crippen molar-refractivity contribution < 1.29 is 21.6 Å². The third kappa shape index (κ3) is 5.03. The van der Waals surface area contributed by atoms with Crippen LogP contribution < -0.4 is 10.5 Å². The van der Waals surface area contributed by atoms with Gasteiger partial charge in [0.25, 0.3) is 0 Å². The molecule has 0 aliphatic heterocycles. The van der Waals surface area contributed by atoms with Crippen LogP contribution in [0.4, 0.5) is 13.2 Å². The number of halogens is 3. The third-order valence-electron chi connectivity index (χ3n) is 4.48. The Hall–Kier alpha value is -2.68. The van der Waals surface area contributed by atoms with E-state index in [4.69, 9.17) is 5.73 Å². The highest BCUT2D eigenvalue weighted by Crippen LogP contribution is 2.31. The fourth-order valence-corrected chi connectivity index (χ4v) is 4.18. The van der Waals surface area contributed by atoms with Crippen LogP contribution in [0.1, 0.15) is 28.8 Å². The number of benzene rings is 3. The highest BCUT2D eigenvalue weighted by atomic mass is 32.2. The molecule has 0 radical (unpaired) electrons. The molecule has 0 amide bonds. The van der Waals surface area contributed by atoms with E-state index < -0.39 is 33.8 Å². The third-order valence-corrected chi connectivity index (χ3v) is 5.93. The molecule has 0 saturated heterocycles. The topological polar surface area (TPSA) is 72.2 Å². The van der Waals surface area contributed by atoms with Gasteiger partial charge in [0.15, 0.2) is 0 Å². The zero-order valence-electron chi connectivity index (χ0n) is 15.2. The molecule has 8 heteroatoms. The first-order valence-corrected chi connectivity index (χ1v) is 10.2. The molecular formula is C21H19F3N2O2S. The average Bonchev–Trinajstić information content (AvgIpc) is 2.72. The van der Waals surface area contributed by atoms with Crippen LogP contribution in [-0.4, -0.2) is 8.42 Å². The lowest BCUT2D eigenvalue weighted by Crippen LogP contribution is -2.36. The smallest absolute Gasteiger partial charge is 0.322 e. The van der Waals surface area contributed by atoms with Gasteiger partial charge in [-0.05, 0) is 35.4 Å². The molecule has 0 aliphatic carbocycles. The van der Waals surface area contributed by atoms with Gasteiger partial charge in [0.1, 0.15) is 0 Å². The highest BCUT2D eigenvalue weighted by molar-refractivity contribution is 7.89. The molecule has 0 unspecified atom stereocenters. The van der Waals surface area contributed by atoms with Gasteiger partial charge in [0.05, 0.1) is 22.5 Å². The summed E-state index contributed by atoms with van der Waals surface area (Å²) in [6, 6.07) is 19.6. The summed E-state index contributed by atoms with van der Waals surface area (Å²) in [6.45, 7) is 0. The van der Waals surface area contributed by atoms with Gasteiger partial charge in [0.2, 0.25) is 10.0 Å². The molecule has 0 fully saturated rings. The molecule has 152 valence electrons. The van der Waals surface area contributed by atoms with Crippen molar-refractivity contribution in [3.63, 3.8) is 0 Å². The SMILES string of the molecule is N[C@@H](c1ccccc1)[C@@H](NS(=O)(=O)c1ccc(C(F)(F)F)cc1)c1ccccc1. The zero-order chi connectivity index (χ0) is 21.1. The number of nitrogens with one attached hydrogen (secondary N) is 1. The molecule has 4 nitrogen and oxygen atoms in total. The standard InChI is InChI=1S/C21H19F3N2O2S/c22-21(23,24)17-11-13-18(14-12-17)29(27,28)26-20(16-9-5-2-6-10-16)19(25)15-7-3-1-4-8-15/h1-14,19-20,26H,25H2/t19-,20-/m0/s1. The monoisotopic (exact) mass is 420 g/mol. The first kappa shape index (κ1) is 21.0. The molecule has 0 spiro atoms. The second-order valence-electron chi connectivity index (χ2n) is 6.47. The van der Waals surface area contributed by atoms with Crippen LogP contribution >= 0.6 is 0 Å². The molecule has 3 aromatic rings. The van der Waals surface area contributed by atoms with E-state index in [0.29, 0.717) is 5.56 Å². The van der Waals surface area contributed by atoms with Crippen molar-refractivity contribution in [2.75, 3.05) is 0 Å². The predicted octanol–water partition coefficient (Wildman–Crippen LogP) is 4.43. The van der Waals surface area contributed by atoms with Gasteiger partial charge in [0, 0.05) is 0 Å². The predicted molar refractivity (Wildman–Crippen MR) is 104 cm³/mol. The van der Waals surface area contributed by atoms with Crippen molar-refractivity contribution in [3.8, 4) is 0 Å². The van der Waals surface area contributed by atoms with Gasteiger partial charge >= 0.3 is 6.18 Å². The van der Waals surface area contributed by atoms with Crippen molar-refractivity contribution in [1.29, 1.82) is 0 Å². The van der Waals surface area contributed by atoms with E-state index >= 15 is 0 Å². The molecule has 3 aromatic carbocycles. The van der Waals surface area contributed by atoms with Crippen molar-refractivity contribution in [2.45, 2.75) is 23.2 Å². The summed E-state index contributed by atoms with van der Waals surface area (Å²) in [7, 11) is -4.12. The molecule has 0 aliphatic rings. The fraction of sp³-hybridized carbons (Fsp3) is 0.143. The van der Waals surface area contributed by atoms with Crippen LogP contribution in [-0.2, 0) is 16.2 Å². The normalized spacial score (nSPS) is 14.3. The van der Waals surface area contributed by atoms with Crippen LogP contribution in [0.25, 0.3) is 0 Å². The average molecular weight is 420 g/mol. The molecule has 2 atom stereocenters. The fourth-order valence-electron chi connectivity index (χ4n) is 2.94. The second kappa shape index (κ2) is 8.36. The molecule has 0 heterocycles. The maximum atomic E-state index is 12.9. The van der Waals surface area contributed by atoms with Gasteiger partial charge in [-0.25, -0.2) is 13.1 Å². The number of sulfonamides is 1. The first-order chi connectivity index (χ1) is 13.7. The quantitative estimate of drug-likeness (QED) is 0.620. The molecule has 3 rings (SSSR count). The summed E-state index contributed by atoms with van der Waals surface area (Å²) in [5.41, 5.74) is 6.80. The van der Waals surface area contributed by atoms with Gasteiger partial charge in [-0.3, -0.25) is 0 Å². The maximum absolute atomic E-state index is 12.9. The Morgan fingerprint density at radius 2 is 1.24 bits per heavy atom. The van der Waals surface area contributed by atoms with Crippen molar-refractivity contribution in [3.05, 3.63) is 102 Å². The van der Waals surface area contributed by atoms with Crippen molar-refractivity contribution in [2.24, 2.45) is 5.73 Å². The number of alkyl halides is 3. The molecule has 0 aromatic heterocycles. The van der Waals surface area contributed by atoms with Crippen molar-refractivity contribution in [1.82, 2.24) is 4.72 Å². The summed E-state index contributed by atoms with van der Waals surface area (Å²) < 4.78 is 66.6. The van der Waals surface area contributed by atoms with E-state index in [9.17, 15) is 21.6 Å². The lowest BCUT2D eigenvalue weighted by Gasteiger charge is -2.26. The van der Waals surface area contributed by atoms with Crippen LogP contribution in [0, 0.1) is 0 Å². The maximum Gasteiger partial charge on any atom is 0.416 e. The summed E-state index contributed by atoms with van der Waals surface area (Å²) in [4.78, 5) is -0.272. The van der Waals surface area contributed by atoms with Gasteiger partial charge in [-0.2, -0.15) is 13.2 Å². The zero-order valence-corrected chi connectivity index (χ0v) is 16.0. The lowest BCUT2D eigenvalue weighted by molar-refractivity contribution is -0.137. The van der Waals surface area contributed by atoms with E-state index in [-0.39, 0.29) is 4.90 Å². The van der Waals surface area contributed by atoms with E-state index in [1.807, 2.05) is 6.07 Å². The first-order valence-electron chi connectivity index (χ1n) is 8.73. The minimum Gasteiger partial charge on any atom is -0.322 e. The largest absolute Gasteiger partial charge is 0.416 e. The Morgan fingerprint density at radius 1 is 0.759 bits per heavy atom. The highest BCUT2D eigenvalue weighted by Gasteiger charge is 2.31. The van der Waals surface area contributed by atoms with Crippen molar-refractivity contribution >= 4 is 10.0 Å². The Balaban J connectivity index is 1.95. The van der Waals surface area contributed by atoms with E-state index in [1.165, 1.54) is 0 Å². The van der Waals surface area contributed by atoms with Crippen LogP contribution in [0.3, 0.4) is 0 Å². The number of nitrogens with two attached hydrogens (primary N) is 1. The molecule has 0 saturated carbocycles. The van der Waals surface area contributed by atoms with E-state index in [1.54, 1.807) is 54.6 Å². The Kier molecular flexibility index (Phi) is 6.07. The Morgan fingerprint density at radius 3 is 1.72 bits per heavy atom. The molecule has 0 bridgehead atoms. The number of rotatable bonds is 6. The van der Waals surface area contributed by atoms with E-state index in [0.717, 1.165) is 29.8 Å². The van der Waals surface area contributed by atoms with Gasteiger partial charge in [-0.1, -0.05) is 60.7 Å². The van der Waals surface area contributed by atoms with Crippen LogP contribution in [0.15, 0.2) is 89.8 Å². The minimum atomic E-state index is -4.54. The summed E-state index contributed by atoms with van der Waals surface area (Å²) in [6.07, 6.45) is -4.54. The number of hydrogen-bond donors (Lipinski definition) is 2. The Labute approximate surface area is 167 Å². The minimum absolute atomic E-state index is 0.272. The summed E-state index contributed by atoms with van der Waals surface area (Å²) >= 11 is 0. The van der Waals surface area contributed by atoms with Gasteiger partial charge in [-0.15, -0.1) is 0 Å². The number of hydrogen-bond acceptors (Lipinski definition) is 3. The molecule has 3 N–H and O–H groups in total. The van der Waals surface area contributed by atoms with Crippen LogP contribution in [0.2, 0.25) is 0 Å². The summed E-state index contributed by atoms with van der Waals surface area (Å²) in [5, 5.41) is 0.